The number of carboxylic acid groups (broad SMARTS) is 1. The Bertz CT molecular complexity index is 453. The van der Waals surface area contributed by atoms with E-state index in [-0.39, 0.29) is 0 Å². The van der Waals surface area contributed by atoms with Crippen LogP contribution in [-0.4, -0.2) is 55.8 Å². The van der Waals surface area contributed by atoms with Crippen LogP contribution in [0.4, 0.5) is 0 Å². The fourth-order valence-electron chi connectivity index (χ4n) is 2.08. The van der Waals surface area contributed by atoms with Gasteiger partial charge < -0.3 is 14.6 Å². The highest BCUT2D eigenvalue weighted by Crippen LogP contribution is 2.53. The minimum atomic E-state index is -2.57. The number of quaternary nitrogens is 1. The zero-order valence-electron chi connectivity index (χ0n) is 14.2. The van der Waals surface area contributed by atoms with E-state index in [0.717, 1.165) is 18.9 Å². The maximum atomic E-state index is 13.1. The SMILES string of the molecule is CCCCC(CP(=O)(CC)[N+](C)(C)C)OC(=O)/C=C\C(=O)[O-]. The smallest absolute Gasteiger partial charge is 0.331 e. The number of unbranched alkanes of at least 4 members (excludes halogenated alkanes) is 1. The Morgan fingerprint density at radius 1 is 1.23 bits per heavy atom. The van der Waals surface area contributed by atoms with Gasteiger partial charge in [-0.05, 0) is 12.5 Å². The van der Waals surface area contributed by atoms with Gasteiger partial charge in [0, 0.05) is 12.2 Å². The van der Waals surface area contributed by atoms with Crippen molar-refractivity contribution in [1.82, 2.24) is 0 Å². The van der Waals surface area contributed by atoms with Crippen molar-refractivity contribution in [2.75, 3.05) is 33.5 Å². The largest absolute Gasteiger partial charge is 0.545 e. The van der Waals surface area contributed by atoms with Gasteiger partial charge in [0.25, 0.3) is 7.29 Å². The van der Waals surface area contributed by atoms with E-state index < -0.39 is 25.3 Å². The van der Waals surface area contributed by atoms with Crippen LogP contribution in [0.15, 0.2) is 12.2 Å². The second-order valence-electron chi connectivity index (χ2n) is 6.14. The highest BCUT2D eigenvalue weighted by molar-refractivity contribution is 7.58. The van der Waals surface area contributed by atoms with E-state index in [9.17, 15) is 19.3 Å². The maximum absolute atomic E-state index is 13.1. The van der Waals surface area contributed by atoms with Crippen LogP contribution in [0, 0.1) is 0 Å². The maximum Gasteiger partial charge on any atom is 0.331 e. The lowest BCUT2D eigenvalue weighted by molar-refractivity contribution is -0.746. The number of esters is 1. The highest BCUT2D eigenvalue weighted by atomic mass is 31.2. The Morgan fingerprint density at radius 3 is 2.23 bits per heavy atom. The summed E-state index contributed by atoms with van der Waals surface area (Å²) in [6.45, 7) is 3.90. The molecule has 0 fully saturated rings. The molecular weight excluding hydrogens is 305 g/mol. The molecular formula is C15H28NO5P. The fourth-order valence-corrected chi connectivity index (χ4v) is 4.57. The van der Waals surface area contributed by atoms with E-state index in [0.29, 0.717) is 29.1 Å². The normalized spacial score (nSPS) is 16.2. The number of carbonyl (C=O) groups is 2. The van der Waals surface area contributed by atoms with Gasteiger partial charge in [0.2, 0.25) is 0 Å². The molecule has 2 unspecified atom stereocenters. The van der Waals surface area contributed by atoms with Crippen molar-refractivity contribution in [3.63, 3.8) is 0 Å². The number of carboxylic acids is 1. The van der Waals surface area contributed by atoms with Crippen molar-refractivity contribution >= 4 is 19.2 Å². The Balaban J connectivity index is 5.02. The highest BCUT2D eigenvalue weighted by Gasteiger charge is 2.38. The van der Waals surface area contributed by atoms with Gasteiger partial charge in [-0.25, -0.2) is 4.79 Å². The van der Waals surface area contributed by atoms with Crippen molar-refractivity contribution < 1.29 is 28.3 Å². The van der Waals surface area contributed by atoms with Crippen LogP contribution in [-0.2, 0) is 18.9 Å². The average Bonchev–Trinajstić information content (AvgIpc) is 2.41. The molecule has 0 heterocycles. The van der Waals surface area contributed by atoms with Crippen molar-refractivity contribution in [2.45, 2.75) is 39.2 Å². The number of ether oxygens (including phenoxy) is 1. The van der Waals surface area contributed by atoms with E-state index in [4.69, 9.17) is 4.74 Å². The summed E-state index contributed by atoms with van der Waals surface area (Å²) in [7, 11) is 3.05. The minimum absolute atomic E-state index is 0.303. The minimum Gasteiger partial charge on any atom is -0.545 e. The third-order valence-electron chi connectivity index (χ3n) is 3.59. The predicted molar refractivity (Wildman–Crippen MR) is 84.6 cm³/mol. The van der Waals surface area contributed by atoms with E-state index >= 15 is 0 Å². The first-order chi connectivity index (χ1) is 10.1. The predicted octanol–water partition coefficient (Wildman–Crippen LogP) is 1.40. The van der Waals surface area contributed by atoms with Crippen LogP contribution in [0.5, 0.6) is 0 Å². The summed E-state index contributed by atoms with van der Waals surface area (Å²) in [6.07, 6.45) is 4.22. The summed E-state index contributed by atoms with van der Waals surface area (Å²) in [5.74, 6) is -2.19. The summed E-state index contributed by atoms with van der Waals surface area (Å²) in [5, 5.41) is 10.3. The third-order valence-corrected chi connectivity index (χ3v) is 7.75. The van der Waals surface area contributed by atoms with Crippen molar-refractivity contribution in [3.8, 4) is 0 Å². The van der Waals surface area contributed by atoms with Gasteiger partial charge in [0.15, 0.2) is 0 Å². The van der Waals surface area contributed by atoms with Crippen LogP contribution in [0.3, 0.4) is 0 Å². The molecule has 0 amide bonds. The first-order valence-electron chi connectivity index (χ1n) is 7.55. The van der Waals surface area contributed by atoms with Gasteiger partial charge >= 0.3 is 5.97 Å². The van der Waals surface area contributed by atoms with E-state index in [1.165, 1.54) is 0 Å². The molecule has 2 atom stereocenters. The molecule has 0 rings (SSSR count). The van der Waals surface area contributed by atoms with Crippen LogP contribution >= 0.6 is 7.29 Å². The zero-order valence-corrected chi connectivity index (χ0v) is 15.1. The lowest BCUT2D eigenvalue weighted by Crippen LogP contribution is -2.36. The molecule has 0 aliphatic carbocycles. The molecule has 6 nitrogen and oxygen atoms in total. The fraction of sp³-hybridized carbons (Fsp3) is 0.733. The van der Waals surface area contributed by atoms with Crippen LogP contribution in [0.2, 0.25) is 0 Å². The topological polar surface area (TPSA) is 83.5 Å². The molecule has 0 aliphatic heterocycles. The van der Waals surface area contributed by atoms with E-state index in [2.05, 4.69) is 0 Å². The molecule has 0 radical (unpaired) electrons. The molecule has 0 spiro atoms. The Hall–Kier alpha value is -1.13. The second kappa shape index (κ2) is 9.11. The molecule has 0 aromatic rings. The first-order valence-corrected chi connectivity index (χ1v) is 9.58. The monoisotopic (exact) mass is 333 g/mol. The van der Waals surface area contributed by atoms with Crippen LogP contribution in [0.25, 0.3) is 0 Å². The number of carbonyl (C=O) groups excluding carboxylic acids is 2. The van der Waals surface area contributed by atoms with Crippen LogP contribution < -0.4 is 5.11 Å². The van der Waals surface area contributed by atoms with Crippen molar-refractivity contribution in [2.24, 2.45) is 0 Å². The molecule has 0 saturated carbocycles. The second-order valence-corrected chi connectivity index (χ2v) is 10.0. The van der Waals surface area contributed by atoms with Gasteiger partial charge in [-0.2, -0.15) is 0 Å². The zero-order chi connectivity index (χ0) is 17.4. The number of hydrogen-bond acceptors (Lipinski definition) is 5. The summed E-state index contributed by atoms with van der Waals surface area (Å²) >= 11 is 0. The molecule has 0 aromatic carbocycles. The molecule has 0 N–H and O–H groups in total. The van der Waals surface area contributed by atoms with Crippen molar-refractivity contribution in [3.05, 3.63) is 12.2 Å². The van der Waals surface area contributed by atoms with Gasteiger partial charge in [0.1, 0.15) is 6.10 Å². The molecule has 128 valence electrons. The quantitative estimate of drug-likeness (QED) is 0.343. The molecule has 7 heteroatoms. The number of hydrogen-bond donors (Lipinski definition) is 0. The third kappa shape index (κ3) is 7.23. The summed E-state index contributed by atoms with van der Waals surface area (Å²) in [5.41, 5.74) is 0. The van der Waals surface area contributed by atoms with Gasteiger partial charge in [-0.1, -0.05) is 26.7 Å². The number of rotatable bonds is 10. The number of nitrogens with zero attached hydrogens (tertiary/aromatic N) is 1. The average molecular weight is 333 g/mol. The molecule has 0 aromatic heterocycles. The molecule has 0 bridgehead atoms. The lowest BCUT2D eigenvalue weighted by atomic mass is 10.2. The summed E-state index contributed by atoms with van der Waals surface area (Å²) < 4.78 is 18.7. The first kappa shape index (κ1) is 20.9. The van der Waals surface area contributed by atoms with Crippen LogP contribution in [0.1, 0.15) is 33.1 Å². The summed E-state index contributed by atoms with van der Waals surface area (Å²) in [6, 6.07) is 0. The van der Waals surface area contributed by atoms with E-state index in [1.807, 2.05) is 35.0 Å². The Morgan fingerprint density at radius 2 is 1.82 bits per heavy atom. The Labute approximate surface area is 133 Å². The van der Waals surface area contributed by atoms with Gasteiger partial charge in [-0.3, -0.25) is 8.82 Å². The standard InChI is InChI=1S/C15H28NO5P/c1-6-8-9-13(21-15(19)11-10-14(17)18)12-22(20,7-2)16(3,4)5/h10-11,13H,6-9,12H2,1-5H3/b11-10-. The lowest BCUT2D eigenvalue weighted by Gasteiger charge is -2.35. The van der Waals surface area contributed by atoms with E-state index in [1.54, 1.807) is 0 Å². The van der Waals surface area contributed by atoms with Gasteiger partial charge in [0.05, 0.1) is 33.3 Å². The van der Waals surface area contributed by atoms with Gasteiger partial charge in [-0.15, -0.1) is 0 Å². The molecule has 22 heavy (non-hydrogen) atoms. The Kier molecular flexibility index (Phi) is 8.64. The molecule has 0 aliphatic rings. The number of aliphatic carboxylic acids is 1. The summed E-state index contributed by atoms with van der Waals surface area (Å²) in [4.78, 5) is 22.0. The molecule has 0 saturated heterocycles. The van der Waals surface area contributed by atoms with Crippen molar-refractivity contribution in [1.29, 1.82) is 0 Å².